The van der Waals surface area contributed by atoms with Crippen molar-refractivity contribution in [3.05, 3.63) is 29.8 Å². The van der Waals surface area contributed by atoms with Crippen LogP contribution < -0.4 is 0 Å². The molecule has 0 aromatic carbocycles. The van der Waals surface area contributed by atoms with Gasteiger partial charge in [-0.15, -0.1) is 5.10 Å². The smallest absolute Gasteiger partial charge is 0.276 e. The number of carbonyl (C=O) groups is 2. The maximum absolute atomic E-state index is 12.5. The third-order valence-electron chi connectivity index (χ3n) is 4.88. The summed E-state index contributed by atoms with van der Waals surface area (Å²) in [6.07, 6.45) is 5.44. The standard InChI is InChI=1S/C16H21N7O2/c1-2-22-14(5-6-17-22)16(25)21-9-12(10-21)23-11-13(18-19-23)15(24)20-7-3-4-8-20/h5-6,11-12H,2-4,7-10H2,1H3. The molecule has 2 amide bonds. The average molecular weight is 343 g/mol. The Kier molecular flexibility index (Phi) is 3.98. The molecule has 2 aliphatic heterocycles. The third kappa shape index (κ3) is 2.79. The number of aromatic nitrogens is 5. The van der Waals surface area contributed by atoms with Gasteiger partial charge in [-0.05, 0) is 25.8 Å². The number of nitrogens with zero attached hydrogens (tertiary/aromatic N) is 7. The van der Waals surface area contributed by atoms with Crippen molar-refractivity contribution in [2.75, 3.05) is 26.2 Å². The lowest BCUT2D eigenvalue weighted by molar-refractivity contribution is 0.0485. The van der Waals surface area contributed by atoms with E-state index in [4.69, 9.17) is 0 Å². The van der Waals surface area contributed by atoms with E-state index in [1.807, 2.05) is 11.8 Å². The summed E-state index contributed by atoms with van der Waals surface area (Å²) in [4.78, 5) is 28.4. The van der Waals surface area contributed by atoms with Gasteiger partial charge in [-0.25, -0.2) is 4.68 Å². The second-order valence-corrected chi connectivity index (χ2v) is 6.48. The largest absolute Gasteiger partial charge is 0.337 e. The molecule has 4 rings (SSSR count). The number of carbonyl (C=O) groups excluding carboxylic acids is 2. The topological polar surface area (TPSA) is 89.2 Å². The minimum absolute atomic E-state index is 0.0240. The highest BCUT2D eigenvalue weighted by Crippen LogP contribution is 2.23. The molecule has 0 unspecified atom stereocenters. The first kappa shape index (κ1) is 15.8. The first-order chi connectivity index (χ1) is 12.2. The van der Waals surface area contributed by atoms with Gasteiger partial charge in [-0.2, -0.15) is 5.10 Å². The van der Waals surface area contributed by atoms with Crippen LogP contribution in [0.2, 0.25) is 0 Å². The average Bonchev–Trinajstić information content (AvgIpc) is 3.32. The summed E-state index contributed by atoms with van der Waals surface area (Å²) in [5.74, 6) is -0.0769. The molecule has 2 saturated heterocycles. The zero-order valence-electron chi connectivity index (χ0n) is 14.2. The van der Waals surface area contributed by atoms with Crippen molar-refractivity contribution >= 4 is 11.8 Å². The van der Waals surface area contributed by atoms with Gasteiger partial charge >= 0.3 is 0 Å². The van der Waals surface area contributed by atoms with E-state index < -0.39 is 0 Å². The highest BCUT2D eigenvalue weighted by atomic mass is 16.2. The molecule has 9 heteroatoms. The molecule has 132 valence electrons. The Labute approximate surface area is 145 Å². The predicted octanol–water partition coefficient (Wildman–Crippen LogP) is 0.428. The van der Waals surface area contributed by atoms with Gasteiger partial charge in [-0.3, -0.25) is 14.3 Å². The number of aryl methyl sites for hydroxylation is 1. The normalized spacial score (nSPS) is 17.8. The van der Waals surface area contributed by atoms with E-state index in [0.29, 0.717) is 31.0 Å². The Morgan fingerprint density at radius 2 is 1.92 bits per heavy atom. The maximum atomic E-state index is 12.5. The zero-order valence-corrected chi connectivity index (χ0v) is 14.2. The molecule has 0 bridgehead atoms. The Morgan fingerprint density at radius 1 is 1.16 bits per heavy atom. The monoisotopic (exact) mass is 343 g/mol. The fraction of sp³-hybridized carbons (Fsp3) is 0.562. The fourth-order valence-electron chi connectivity index (χ4n) is 3.35. The van der Waals surface area contributed by atoms with Crippen molar-refractivity contribution < 1.29 is 9.59 Å². The van der Waals surface area contributed by atoms with Crippen molar-refractivity contribution in [2.45, 2.75) is 32.4 Å². The minimum atomic E-state index is -0.0529. The van der Waals surface area contributed by atoms with Crippen molar-refractivity contribution in [2.24, 2.45) is 0 Å². The van der Waals surface area contributed by atoms with Gasteiger partial charge < -0.3 is 9.80 Å². The van der Waals surface area contributed by atoms with Gasteiger partial charge in [0.25, 0.3) is 11.8 Å². The molecular weight excluding hydrogens is 322 g/mol. The maximum Gasteiger partial charge on any atom is 0.276 e. The molecule has 2 aromatic heterocycles. The summed E-state index contributed by atoms with van der Waals surface area (Å²) in [7, 11) is 0. The quantitative estimate of drug-likeness (QED) is 0.803. The molecule has 0 saturated carbocycles. The highest BCUT2D eigenvalue weighted by Gasteiger charge is 2.35. The summed E-state index contributed by atoms with van der Waals surface area (Å²) >= 11 is 0. The van der Waals surface area contributed by atoms with E-state index in [1.165, 1.54) is 0 Å². The fourth-order valence-corrected chi connectivity index (χ4v) is 3.35. The molecule has 25 heavy (non-hydrogen) atoms. The Balaban J connectivity index is 1.38. The highest BCUT2D eigenvalue weighted by molar-refractivity contribution is 5.93. The first-order valence-corrected chi connectivity index (χ1v) is 8.69. The summed E-state index contributed by atoms with van der Waals surface area (Å²) in [6, 6.07) is 1.80. The van der Waals surface area contributed by atoms with E-state index in [2.05, 4.69) is 15.4 Å². The zero-order chi connectivity index (χ0) is 17.4. The molecule has 4 heterocycles. The molecule has 2 aliphatic rings. The van der Waals surface area contributed by atoms with Crippen LogP contribution in [0.25, 0.3) is 0 Å². The lowest BCUT2D eigenvalue weighted by Crippen LogP contribution is -2.51. The Hall–Kier alpha value is -2.71. The summed E-state index contributed by atoms with van der Waals surface area (Å²) < 4.78 is 3.39. The van der Waals surface area contributed by atoms with Crippen LogP contribution in [0, 0.1) is 0 Å². The van der Waals surface area contributed by atoms with Crippen LogP contribution in [-0.4, -0.2) is 72.6 Å². The van der Waals surface area contributed by atoms with Gasteiger partial charge in [0.15, 0.2) is 5.69 Å². The summed E-state index contributed by atoms with van der Waals surface area (Å²) in [5.41, 5.74) is 0.986. The van der Waals surface area contributed by atoms with Crippen molar-refractivity contribution in [1.82, 2.24) is 34.6 Å². The van der Waals surface area contributed by atoms with E-state index >= 15 is 0 Å². The molecule has 0 aliphatic carbocycles. The van der Waals surface area contributed by atoms with Gasteiger partial charge in [0, 0.05) is 38.9 Å². The molecule has 2 fully saturated rings. The first-order valence-electron chi connectivity index (χ1n) is 8.69. The minimum Gasteiger partial charge on any atom is -0.337 e. The van der Waals surface area contributed by atoms with E-state index in [0.717, 1.165) is 25.9 Å². The van der Waals surface area contributed by atoms with Gasteiger partial charge in [0.2, 0.25) is 0 Å². The lowest BCUT2D eigenvalue weighted by Gasteiger charge is -2.38. The molecule has 0 spiro atoms. The number of likely N-dealkylation sites (tertiary alicyclic amines) is 2. The van der Waals surface area contributed by atoms with Gasteiger partial charge in [0.05, 0.1) is 12.2 Å². The molecule has 2 aromatic rings. The van der Waals surface area contributed by atoms with Gasteiger partial charge in [0.1, 0.15) is 5.69 Å². The predicted molar refractivity (Wildman–Crippen MR) is 88.0 cm³/mol. The van der Waals surface area contributed by atoms with Crippen LogP contribution in [0.3, 0.4) is 0 Å². The molecule has 9 nitrogen and oxygen atoms in total. The number of hydrogen-bond donors (Lipinski definition) is 0. The van der Waals surface area contributed by atoms with Crippen LogP contribution in [0.1, 0.15) is 46.8 Å². The second kappa shape index (κ2) is 6.30. The lowest BCUT2D eigenvalue weighted by atomic mass is 10.1. The van der Waals surface area contributed by atoms with Crippen molar-refractivity contribution in [1.29, 1.82) is 0 Å². The van der Waals surface area contributed by atoms with E-state index in [1.54, 1.807) is 32.7 Å². The van der Waals surface area contributed by atoms with Crippen LogP contribution >= 0.6 is 0 Å². The summed E-state index contributed by atoms with van der Waals surface area (Å²) in [5, 5.41) is 12.2. The Bertz CT molecular complexity index is 784. The van der Waals surface area contributed by atoms with Crippen LogP contribution in [-0.2, 0) is 6.54 Å². The van der Waals surface area contributed by atoms with Crippen LogP contribution in [0.15, 0.2) is 18.5 Å². The van der Waals surface area contributed by atoms with Crippen LogP contribution in [0.4, 0.5) is 0 Å². The van der Waals surface area contributed by atoms with E-state index in [-0.39, 0.29) is 17.9 Å². The SMILES string of the molecule is CCn1nccc1C(=O)N1CC(n2cc(C(=O)N3CCCC3)nn2)C1. The number of amides is 2. The Morgan fingerprint density at radius 3 is 2.64 bits per heavy atom. The number of rotatable bonds is 4. The summed E-state index contributed by atoms with van der Waals surface area (Å²) in [6.45, 7) is 5.33. The van der Waals surface area contributed by atoms with Crippen molar-refractivity contribution in [3.8, 4) is 0 Å². The molecule has 0 radical (unpaired) electrons. The van der Waals surface area contributed by atoms with Crippen molar-refractivity contribution in [3.63, 3.8) is 0 Å². The third-order valence-corrected chi connectivity index (χ3v) is 4.88. The molecule has 0 atom stereocenters. The second-order valence-electron chi connectivity index (χ2n) is 6.48. The number of hydrogen-bond acceptors (Lipinski definition) is 5. The van der Waals surface area contributed by atoms with E-state index in [9.17, 15) is 9.59 Å². The molecular formula is C16H21N7O2. The van der Waals surface area contributed by atoms with Crippen LogP contribution in [0.5, 0.6) is 0 Å². The van der Waals surface area contributed by atoms with Gasteiger partial charge in [-0.1, -0.05) is 5.21 Å². The molecule has 0 N–H and O–H groups in total.